The largest absolute Gasteiger partial charge is 0.386 e. The molecule has 0 aromatic carbocycles. The molecular weight excluding hydrogens is 220 g/mol. The van der Waals surface area contributed by atoms with E-state index in [1.807, 2.05) is 0 Å². The van der Waals surface area contributed by atoms with Gasteiger partial charge in [-0.05, 0) is 31.8 Å². The highest BCUT2D eigenvalue weighted by Crippen LogP contribution is 2.31. The first kappa shape index (κ1) is 10.4. The molecule has 1 atom stereocenters. The highest BCUT2D eigenvalue weighted by Gasteiger charge is 2.24. The lowest BCUT2D eigenvalue weighted by Crippen LogP contribution is -2.30. The lowest BCUT2D eigenvalue weighted by molar-refractivity contribution is 0.0887. The Morgan fingerprint density at radius 2 is 2.29 bits per heavy atom. The molecule has 0 aliphatic carbocycles. The van der Waals surface area contributed by atoms with Crippen molar-refractivity contribution in [3.05, 3.63) is 15.5 Å². The van der Waals surface area contributed by atoms with Gasteiger partial charge in [0, 0.05) is 5.38 Å². The molecule has 0 radical (unpaired) electrons. The van der Waals surface area contributed by atoms with E-state index in [0.29, 0.717) is 11.1 Å². The zero-order valence-corrected chi connectivity index (χ0v) is 9.31. The third kappa shape index (κ3) is 2.25. The van der Waals surface area contributed by atoms with Crippen LogP contribution in [0, 0.1) is 5.92 Å². The zero-order chi connectivity index (χ0) is 9.97. The summed E-state index contributed by atoms with van der Waals surface area (Å²) >= 11 is 7.16. The van der Waals surface area contributed by atoms with Crippen LogP contribution in [0.5, 0.6) is 0 Å². The van der Waals surface area contributed by atoms with Gasteiger partial charge in [0.25, 0.3) is 0 Å². The number of hydrogen-bond donors (Lipinski definition) is 2. The summed E-state index contributed by atoms with van der Waals surface area (Å²) in [5, 5.41) is 16.3. The van der Waals surface area contributed by atoms with Gasteiger partial charge in [0.15, 0.2) is 0 Å². The number of nitrogens with one attached hydrogen (secondary N) is 1. The predicted octanol–water partition coefficient (Wildman–Crippen LogP) is 1.83. The second kappa shape index (κ2) is 4.57. The van der Waals surface area contributed by atoms with Gasteiger partial charge in [-0.15, -0.1) is 11.3 Å². The summed E-state index contributed by atoms with van der Waals surface area (Å²) < 4.78 is 0. The highest BCUT2D eigenvalue weighted by atomic mass is 35.5. The molecule has 0 amide bonds. The molecule has 1 aliphatic heterocycles. The first-order valence-corrected chi connectivity index (χ1v) is 6.03. The fraction of sp³-hybridized carbons (Fsp3) is 0.667. The first-order chi connectivity index (χ1) is 6.77. The van der Waals surface area contributed by atoms with Gasteiger partial charge in [0.05, 0.1) is 0 Å². The Bertz CT molecular complexity index is 299. The van der Waals surface area contributed by atoms with Crippen molar-refractivity contribution >= 4 is 22.9 Å². The van der Waals surface area contributed by atoms with Gasteiger partial charge in [-0.3, -0.25) is 0 Å². The van der Waals surface area contributed by atoms with E-state index in [0.717, 1.165) is 30.9 Å². The van der Waals surface area contributed by atoms with Gasteiger partial charge < -0.3 is 10.4 Å². The number of nitrogens with zero attached hydrogens (tertiary/aromatic N) is 1. The Morgan fingerprint density at radius 3 is 2.86 bits per heavy atom. The summed E-state index contributed by atoms with van der Waals surface area (Å²) in [5.74, 6) is 0.332. The lowest BCUT2D eigenvalue weighted by Gasteiger charge is -2.25. The molecule has 14 heavy (non-hydrogen) atoms. The normalized spacial score (nSPS) is 21.0. The Balaban J connectivity index is 2.03. The van der Waals surface area contributed by atoms with Crippen LogP contribution in [0.1, 0.15) is 24.0 Å². The van der Waals surface area contributed by atoms with Crippen LogP contribution in [0.25, 0.3) is 0 Å². The second-order valence-corrected chi connectivity index (χ2v) is 4.82. The third-order valence-corrected chi connectivity index (χ3v) is 3.82. The minimum absolute atomic E-state index is 0.332. The van der Waals surface area contributed by atoms with Gasteiger partial charge in [0.2, 0.25) is 0 Å². The molecule has 1 fully saturated rings. The number of piperidine rings is 1. The summed E-state index contributed by atoms with van der Waals surface area (Å²) in [6.07, 6.45) is 1.59. The number of aliphatic hydroxyl groups excluding tert-OH is 1. The van der Waals surface area contributed by atoms with Gasteiger partial charge in [-0.25, -0.2) is 4.98 Å². The quantitative estimate of drug-likeness (QED) is 0.818. The van der Waals surface area contributed by atoms with Gasteiger partial charge in [0.1, 0.15) is 16.3 Å². The molecular formula is C9H13ClN2OS. The molecule has 5 heteroatoms. The van der Waals surface area contributed by atoms with Gasteiger partial charge in [-0.1, -0.05) is 11.6 Å². The maximum absolute atomic E-state index is 10.0. The fourth-order valence-corrected chi connectivity index (χ4v) is 2.79. The van der Waals surface area contributed by atoms with Crippen LogP contribution in [0.4, 0.5) is 0 Å². The molecule has 0 spiro atoms. The van der Waals surface area contributed by atoms with Crippen molar-refractivity contribution in [3.63, 3.8) is 0 Å². The third-order valence-electron chi connectivity index (χ3n) is 2.58. The number of aliphatic hydroxyl groups is 1. The van der Waals surface area contributed by atoms with Crippen molar-refractivity contribution in [2.45, 2.75) is 18.9 Å². The number of hydrogen-bond acceptors (Lipinski definition) is 4. The Hall–Kier alpha value is -0.160. The fourth-order valence-electron chi connectivity index (χ4n) is 1.76. The van der Waals surface area contributed by atoms with E-state index in [9.17, 15) is 5.11 Å². The van der Waals surface area contributed by atoms with E-state index in [1.54, 1.807) is 5.38 Å². The van der Waals surface area contributed by atoms with Crippen molar-refractivity contribution < 1.29 is 5.11 Å². The molecule has 2 N–H and O–H groups in total. The summed E-state index contributed by atoms with van der Waals surface area (Å²) in [5.41, 5.74) is 0. The Labute approximate surface area is 92.1 Å². The van der Waals surface area contributed by atoms with E-state index >= 15 is 0 Å². The minimum Gasteiger partial charge on any atom is -0.386 e. The summed E-state index contributed by atoms with van der Waals surface area (Å²) in [4.78, 5) is 4.10. The van der Waals surface area contributed by atoms with Crippen molar-refractivity contribution in [1.29, 1.82) is 0 Å². The minimum atomic E-state index is -0.436. The molecule has 1 unspecified atom stereocenters. The SMILES string of the molecule is OC(c1nc(Cl)cs1)C1CCNCC1. The number of aromatic nitrogens is 1. The molecule has 78 valence electrons. The van der Waals surface area contributed by atoms with E-state index in [-0.39, 0.29) is 0 Å². The molecule has 2 heterocycles. The van der Waals surface area contributed by atoms with Crippen LogP contribution in [0.15, 0.2) is 5.38 Å². The van der Waals surface area contributed by atoms with Crippen LogP contribution in [-0.4, -0.2) is 23.2 Å². The van der Waals surface area contributed by atoms with E-state index < -0.39 is 6.10 Å². The number of halogens is 1. The van der Waals surface area contributed by atoms with Crippen molar-refractivity contribution in [2.75, 3.05) is 13.1 Å². The van der Waals surface area contributed by atoms with Crippen LogP contribution < -0.4 is 5.32 Å². The molecule has 0 saturated carbocycles. The van der Waals surface area contributed by atoms with Crippen LogP contribution in [-0.2, 0) is 0 Å². The maximum atomic E-state index is 10.0. The summed E-state index contributed by atoms with van der Waals surface area (Å²) in [6.45, 7) is 1.97. The Kier molecular flexibility index (Phi) is 3.38. The van der Waals surface area contributed by atoms with E-state index in [1.165, 1.54) is 11.3 Å². The lowest BCUT2D eigenvalue weighted by atomic mass is 9.92. The Morgan fingerprint density at radius 1 is 1.57 bits per heavy atom. The smallest absolute Gasteiger partial charge is 0.140 e. The van der Waals surface area contributed by atoms with Crippen molar-refractivity contribution in [3.8, 4) is 0 Å². The van der Waals surface area contributed by atoms with Crippen molar-refractivity contribution in [2.24, 2.45) is 5.92 Å². The molecule has 1 aromatic heterocycles. The standard InChI is InChI=1S/C9H13ClN2OS/c10-7-5-14-9(12-7)8(13)6-1-3-11-4-2-6/h5-6,8,11,13H,1-4H2. The maximum Gasteiger partial charge on any atom is 0.140 e. The second-order valence-electron chi connectivity index (χ2n) is 3.54. The van der Waals surface area contributed by atoms with E-state index in [4.69, 9.17) is 11.6 Å². The van der Waals surface area contributed by atoms with Crippen LogP contribution in [0.3, 0.4) is 0 Å². The molecule has 1 aromatic rings. The number of rotatable bonds is 2. The predicted molar refractivity (Wildman–Crippen MR) is 57.7 cm³/mol. The molecule has 2 rings (SSSR count). The molecule has 1 saturated heterocycles. The molecule has 0 bridgehead atoms. The van der Waals surface area contributed by atoms with Crippen molar-refractivity contribution in [1.82, 2.24) is 10.3 Å². The average Bonchev–Trinajstić information content (AvgIpc) is 2.65. The molecule has 1 aliphatic rings. The summed E-state index contributed by atoms with van der Waals surface area (Å²) in [6, 6.07) is 0. The summed E-state index contributed by atoms with van der Waals surface area (Å²) in [7, 11) is 0. The van der Waals surface area contributed by atoms with Gasteiger partial charge in [-0.2, -0.15) is 0 Å². The van der Waals surface area contributed by atoms with E-state index in [2.05, 4.69) is 10.3 Å². The zero-order valence-electron chi connectivity index (χ0n) is 7.74. The van der Waals surface area contributed by atoms with Crippen LogP contribution in [0.2, 0.25) is 5.15 Å². The molecule has 3 nitrogen and oxygen atoms in total. The monoisotopic (exact) mass is 232 g/mol. The average molecular weight is 233 g/mol. The first-order valence-electron chi connectivity index (χ1n) is 4.77. The number of thiazole rings is 1. The van der Waals surface area contributed by atoms with Gasteiger partial charge >= 0.3 is 0 Å². The highest BCUT2D eigenvalue weighted by molar-refractivity contribution is 7.10. The van der Waals surface area contributed by atoms with Crippen LogP contribution >= 0.6 is 22.9 Å². The topological polar surface area (TPSA) is 45.2 Å².